The quantitative estimate of drug-likeness (QED) is 0.857. The summed E-state index contributed by atoms with van der Waals surface area (Å²) in [5.74, 6) is 3.43. The second-order valence-corrected chi connectivity index (χ2v) is 7.27. The molecule has 1 nitrogen and oxygen atoms in total. The molecule has 1 saturated carbocycles. The predicted molar refractivity (Wildman–Crippen MR) is 86.0 cm³/mol. The van der Waals surface area contributed by atoms with Crippen LogP contribution < -0.4 is 5.32 Å². The van der Waals surface area contributed by atoms with E-state index in [0.29, 0.717) is 6.04 Å². The standard InChI is InChI=1S/C19H29N/c1-4-20-19(16-10-13(2)9-14(3)11-16)18-12-15-7-5-6-8-17(15)18/h5-8,13-14,16,18-20H,4,9-12H2,1-3H3. The Bertz CT molecular complexity index is 443. The number of rotatable bonds is 4. The van der Waals surface area contributed by atoms with Crippen LogP contribution in [0, 0.1) is 17.8 Å². The normalized spacial score (nSPS) is 34.1. The van der Waals surface area contributed by atoms with Crippen molar-refractivity contribution in [1.29, 1.82) is 0 Å². The average molecular weight is 271 g/mol. The molecule has 1 aromatic rings. The van der Waals surface area contributed by atoms with Crippen LogP contribution in [0.2, 0.25) is 0 Å². The Morgan fingerprint density at radius 2 is 1.80 bits per heavy atom. The van der Waals surface area contributed by atoms with Crippen molar-refractivity contribution in [3.63, 3.8) is 0 Å². The number of hydrogen-bond donors (Lipinski definition) is 1. The van der Waals surface area contributed by atoms with Gasteiger partial charge in [-0.3, -0.25) is 0 Å². The first kappa shape index (κ1) is 14.1. The molecule has 0 saturated heterocycles. The van der Waals surface area contributed by atoms with Gasteiger partial charge in [-0.05, 0) is 61.1 Å². The highest BCUT2D eigenvalue weighted by atomic mass is 14.9. The molecule has 0 bridgehead atoms. The molecule has 2 aliphatic rings. The zero-order valence-electron chi connectivity index (χ0n) is 13.2. The van der Waals surface area contributed by atoms with Crippen LogP contribution >= 0.6 is 0 Å². The number of nitrogens with one attached hydrogen (secondary N) is 1. The van der Waals surface area contributed by atoms with Crippen LogP contribution in [0.1, 0.15) is 57.1 Å². The fourth-order valence-electron chi connectivity index (χ4n) is 4.79. The number of hydrogen-bond acceptors (Lipinski definition) is 1. The van der Waals surface area contributed by atoms with Crippen LogP contribution in [-0.4, -0.2) is 12.6 Å². The number of benzene rings is 1. The van der Waals surface area contributed by atoms with Gasteiger partial charge in [0.2, 0.25) is 0 Å². The predicted octanol–water partition coefficient (Wildman–Crippen LogP) is 4.38. The highest BCUT2D eigenvalue weighted by Gasteiger charge is 2.39. The fraction of sp³-hybridized carbons (Fsp3) is 0.684. The molecule has 0 aliphatic heterocycles. The minimum Gasteiger partial charge on any atom is -0.313 e. The summed E-state index contributed by atoms with van der Waals surface area (Å²) in [6.45, 7) is 8.25. The number of likely N-dealkylation sites (N-methyl/N-ethyl adjacent to an activating group) is 1. The Morgan fingerprint density at radius 3 is 2.45 bits per heavy atom. The summed E-state index contributed by atoms with van der Waals surface area (Å²) >= 11 is 0. The maximum absolute atomic E-state index is 3.84. The van der Waals surface area contributed by atoms with Crippen LogP contribution in [0.15, 0.2) is 24.3 Å². The molecule has 2 aliphatic carbocycles. The lowest BCUT2D eigenvalue weighted by molar-refractivity contribution is 0.157. The van der Waals surface area contributed by atoms with Gasteiger partial charge in [-0.2, -0.15) is 0 Å². The molecule has 0 aromatic heterocycles. The van der Waals surface area contributed by atoms with Gasteiger partial charge in [0, 0.05) is 12.0 Å². The summed E-state index contributed by atoms with van der Waals surface area (Å²) in [6.07, 6.45) is 5.55. The Morgan fingerprint density at radius 1 is 1.10 bits per heavy atom. The molecule has 4 atom stereocenters. The third kappa shape index (κ3) is 2.65. The van der Waals surface area contributed by atoms with Crippen molar-refractivity contribution in [2.75, 3.05) is 6.54 Å². The highest BCUT2D eigenvalue weighted by molar-refractivity contribution is 5.41. The molecule has 1 fully saturated rings. The van der Waals surface area contributed by atoms with Crippen molar-refractivity contribution in [3.8, 4) is 0 Å². The smallest absolute Gasteiger partial charge is 0.0167 e. The van der Waals surface area contributed by atoms with E-state index in [1.807, 2.05) is 0 Å². The largest absolute Gasteiger partial charge is 0.313 e. The van der Waals surface area contributed by atoms with E-state index in [2.05, 4.69) is 50.4 Å². The zero-order valence-corrected chi connectivity index (χ0v) is 13.2. The van der Waals surface area contributed by atoms with Gasteiger partial charge < -0.3 is 5.32 Å². The Balaban J connectivity index is 1.77. The third-order valence-electron chi connectivity index (χ3n) is 5.49. The molecule has 0 amide bonds. The highest BCUT2D eigenvalue weighted by Crippen LogP contribution is 2.44. The molecule has 110 valence electrons. The first-order valence-electron chi connectivity index (χ1n) is 8.50. The summed E-state index contributed by atoms with van der Waals surface area (Å²) in [6, 6.07) is 9.74. The van der Waals surface area contributed by atoms with Crippen LogP contribution in [0.4, 0.5) is 0 Å². The van der Waals surface area contributed by atoms with E-state index in [4.69, 9.17) is 0 Å². The van der Waals surface area contributed by atoms with E-state index in [1.54, 1.807) is 11.1 Å². The van der Waals surface area contributed by atoms with E-state index in [-0.39, 0.29) is 0 Å². The minimum atomic E-state index is 0.695. The molecule has 0 heterocycles. The zero-order chi connectivity index (χ0) is 14.1. The second-order valence-electron chi connectivity index (χ2n) is 7.27. The van der Waals surface area contributed by atoms with Crippen molar-refractivity contribution in [2.45, 2.75) is 58.4 Å². The number of fused-ring (bicyclic) bond motifs is 1. The van der Waals surface area contributed by atoms with Gasteiger partial charge in [0.25, 0.3) is 0 Å². The molecule has 0 radical (unpaired) electrons. The van der Waals surface area contributed by atoms with Crippen LogP contribution in [0.25, 0.3) is 0 Å². The molecule has 3 rings (SSSR count). The minimum absolute atomic E-state index is 0.695. The summed E-state index contributed by atoms with van der Waals surface area (Å²) in [5.41, 5.74) is 3.20. The lowest BCUT2D eigenvalue weighted by atomic mass is 9.65. The van der Waals surface area contributed by atoms with Crippen molar-refractivity contribution >= 4 is 0 Å². The van der Waals surface area contributed by atoms with E-state index < -0.39 is 0 Å². The van der Waals surface area contributed by atoms with E-state index in [0.717, 1.165) is 30.2 Å². The van der Waals surface area contributed by atoms with Crippen molar-refractivity contribution in [2.24, 2.45) is 17.8 Å². The van der Waals surface area contributed by atoms with E-state index in [9.17, 15) is 0 Å². The van der Waals surface area contributed by atoms with E-state index in [1.165, 1.54) is 25.7 Å². The molecule has 4 unspecified atom stereocenters. The molecule has 1 heteroatoms. The van der Waals surface area contributed by atoms with Crippen molar-refractivity contribution < 1.29 is 0 Å². The van der Waals surface area contributed by atoms with Crippen molar-refractivity contribution in [3.05, 3.63) is 35.4 Å². The van der Waals surface area contributed by atoms with Crippen LogP contribution in [0.3, 0.4) is 0 Å². The maximum atomic E-state index is 3.84. The van der Waals surface area contributed by atoms with Crippen LogP contribution in [0.5, 0.6) is 0 Å². The monoisotopic (exact) mass is 271 g/mol. The van der Waals surface area contributed by atoms with Crippen molar-refractivity contribution in [1.82, 2.24) is 5.32 Å². The molecular formula is C19H29N. The van der Waals surface area contributed by atoms with Gasteiger partial charge in [-0.25, -0.2) is 0 Å². The van der Waals surface area contributed by atoms with Gasteiger partial charge >= 0.3 is 0 Å². The van der Waals surface area contributed by atoms with Crippen LogP contribution in [-0.2, 0) is 6.42 Å². The Hall–Kier alpha value is -0.820. The Labute approximate surface area is 124 Å². The molecular weight excluding hydrogens is 242 g/mol. The first-order chi connectivity index (χ1) is 9.69. The van der Waals surface area contributed by atoms with Gasteiger partial charge in [-0.1, -0.05) is 45.0 Å². The average Bonchev–Trinajstić information content (AvgIpc) is 2.38. The molecule has 20 heavy (non-hydrogen) atoms. The maximum Gasteiger partial charge on any atom is 0.0167 e. The SMILES string of the molecule is CCNC(C1CC(C)CC(C)C1)C1Cc2ccccc21. The van der Waals surface area contributed by atoms with Gasteiger partial charge in [0.05, 0.1) is 0 Å². The molecule has 0 spiro atoms. The van der Waals surface area contributed by atoms with E-state index >= 15 is 0 Å². The summed E-state index contributed by atoms with van der Waals surface area (Å²) in [7, 11) is 0. The molecule has 1 N–H and O–H groups in total. The lowest BCUT2D eigenvalue weighted by Crippen LogP contribution is -2.47. The second kappa shape index (κ2) is 5.89. The fourth-order valence-corrected chi connectivity index (χ4v) is 4.79. The van der Waals surface area contributed by atoms with Gasteiger partial charge in [-0.15, -0.1) is 0 Å². The Kier molecular flexibility index (Phi) is 4.16. The summed E-state index contributed by atoms with van der Waals surface area (Å²) in [5, 5.41) is 3.84. The summed E-state index contributed by atoms with van der Waals surface area (Å²) < 4.78 is 0. The topological polar surface area (TPSA) is 12.0 Å². The lowest BCUT2D eigenvalue weighted by Gasteiger charge is -2.44. The summed E-state index contributed by atoms with van der Waals surface area (Å²) in [4.78, 5) is 0. The first-order valence-corrected chi connectivity index (χ1v) is 8.50. The van der Waals surface area contributed by atoms with Gasteiger partial charge in [0.15, 0.2) is 0 Å². The third-order valence-corrected chi connectivity index (χ3v) is 5.49. The molecule has 1 aromatic carbocycles. The van der Waals surface area contributed by atoms with Gasteiger partial charge in [0.1, 0.15) is 0 Å².